The summed E-state index contributed by atoms with van der Waals surface area (Å²) in [6, 6.07) is 26.9. The van der Waals surface area contributed by atoms with Crippen molar-refractivity contribution in [1.29, 1.82) is 0 Å². The van der Waals surface area contributed by atoms with Gasteiger partial charge in [-0.3, -0.25) is 24.5 Å². The van der Waals surface area contributed by atoms with Crippen molar-refractivity contribution in [3.63, 3.8) is 0 Å². The van der Waals surface area contributed by atoms with Gasteiger partial charge >= 0.3 is 70.1 Å². The summed E-state index contributed by atoms with van der Waals surface area (Å²) >= 11 is 0. The van der Waals surface area contributed by atoms with E-state index in [1.807, 2.05) is 0 Å². The number of nitrogens with one attached hydrogen (secondary N) is 3. The molecular formula is C54H84B3Li3N8O8. The second-order valence-corrected chi connectivity index (χ2v) is 24.3. The molecule has 0 amide bonds. The number of rotatable bonds is 9. The van der Waals surface area contributed by atoms with Crippen LogP contribution in [-0.4, -0.2) is 215 Å². The van der Waals surface area contributed by atoms with Crippen molar-refractivity contribution in [2.75, 3.05) is 171 Å². The smallest absolute Gasteiger partial charge is 0.564 e. The molecule has 8 bridgehead atoms. The van der Waals surface area contributed by atoms with Crippen molar-refractivity contribution in [1.82, 2.24) is 40.4 Å². The van der Waals surface area contributed by atoms with E-state index >= 15 is 0 Å². The molecule has 0 spiro atoms. The molecule has 3 aromatic rings. The van der Waals surface area contributed by atoms with E-state index < -0.39 is 20.1 Å². The number of fused-ring (bicyclic) bond motifs is 29. The molecule has 16 nitrogen and oxygen atoms in total. The molecule has 11 aliphatic heterocycles. The Kier molecular flexibility index (Phi) is 21.7. The van der Waals surface area contributed by atoms with Crippen LogP contribution in [-0.2, 0) is 56.9 Å². The van der Waals surface area contributed by atoms with Gasteiger partial charge in [0.25, 0.3) is 6.55 Å². The molecule has 3 aromatic carbocycles. The molecule has 11 fully saturated rings. The van der Waals surface area contributed by atoms with Gasteiger partial charge in [0.2, 0.25) is 0 Å². The minimum Gasteiger partial charge on any atom is -0.564 e. The van der Waals surface area contributed by atoms with Crippen molar-refractivity contribution in [2.24, 2.45) is 16.2 Å². The van der Waals surface area contributed by atoms with Gasteiger partial charge in [-0.05, 0) is 22.1 Å². The zero-order valence-electron chi connectivity index (χ0n) is 47.4. The van der Waals surface area contributed by atoms with Crippen LogP contribution in [0.4, 0.5) is 0 Å². The molecular weight excluding hydrogens is 942 g/mol. The van der Waals surface area contributed by atoms with Gasteiger partial charge in [-0.2, -0.15) is 5.46 Å². The number of hydrogen-bond acceptors (Lipinski definition) is 16. The molecule has 11 heterocycles. The minimum atomic E-state index is -1.90. The van der Waals surface area contributed by atoms with E-state index in [0.717, 1.165) is 168 Å². The summed E-state index contributed by atoms with van der Waals surface area (Å²) in [5.74, 6) is 0. The third-order valence-corrected chi connectivity index (χ3v) is 17.4. The number of nitrogens with zero attached hydrogens (tertiary/aromatic N) is 5. The average Bonchev–Trinajstić information content (AvgIpc) is 3.95. The molecule has 0 saturated carbocycles. The summed E-state index contributed by atoms with van der Waals surface area (Å²) in [5, 5.41) is 11.4. The van der Waals surface area contributed by atoms with E-state index in [0.29, 0.717) is 39.6 Å². The zero-order chi connectivity index (χ0) is 49.8. The quantitative estimate of drug-likeness (QED) is 0.176. The average molecular weight is 1030 g/mol. The summed E-state index contributed by atoms with van der Waals surface area (Å²) < 4.78 is 50.4. The Labute approximate surface area is 490 Å². The van der Waals surface area contributed by atoms with Crippen LogP contribution in [0.25, 0.3) is 0 Å². The Balaban J connectivity index is 0.00000255. The number of benzene rings is 3. The Hall–Kier alpha value is -0.993. The second-order valence-electron chi connectivity index (χ2n) is 24.3. The van der Waals surface area contributed by atoms with Crippen LogP contribution in [0.15, 0.2) is 72.8 Å². The topological polar surface area (TPSA) is 126 Å². The number of hydrogen-bond donors (Lipinski definition) is 3. The van der Waals surface area contributed by atoms with Crippen LogP contribution >= 0.6 is 0 Å². The van der Waals surface area contributed by atoms with Crippen molar-refractivity contribution >= 4 is 36.4 Å². The molecule has 11 aliphatic rings. The summed E-state index contributed by atoms with van der Waals surface area (Å²) in [5.41, 5.74) is 7.09. The molecule has 11 saturated heterocycles. The van der Waals surface area contributed by atoms with Crippen molar-refractivity contribution < 1.29 is 93.8 Å². The van der Waals surface area contributed by atoms with Crippen molar-refractivity contribution in [3.05, 3.63) is 89.5 Å². The maximum Gasteiger partial charge on any atom is 1.00 e. The fourth-order valence-electron chi connectivity index (χ4n) is 12.5. The molecule has 0 aliphatic carbocycles. The monoisotopic (exact) mass is 1030 g/mol. The SMILES string of the molecule is CC12CO[B-](c3ccc(CN4CCNCCN5CCNCCNCCN(CC4)CCN(Cc4ccc([B-]67OCC(C)(CO6)CO7)cc4)CCN(Cc4ccc([B-]67CC(C)(CO6)CO7)cc4)CC5)cc3)(OC1)OC2.[Li+].[Li+].[Li+]. The summed E-state index contributed by atoms with van der Waals surface area (Å²) in [6.45, 7) is 27.2. The van der Waals surface area contributed by atoms with Crippen LogP contribution in [0.1, 0.15) is 37.5 Å². The van der Waals surface area contributed by atoms with E-state index in [1.54, 1.807) is 0 Å². The van der Waals surface area contributed by atoms with Gasteiger partial charge in [0.1, 0.15) is 0 Å². The normalized spacial score (nSPS) is 35.4. The van der Waals surface area contributed by atoms with Gasteiger partial charge in [-0.15, -0.1) is 17.2 Å². The Morgan fingerprint density at radius 1 is 0.355 bits per heavy atom. The summed E-state index contributed by atoms with van der Waals surface area (Å²) in [7, 11) is 0. The van der Waals surface area contributed by atoms with Gasteiger partial charge in [0.15, 0.2) is 0 Å². The van der Waals surface area contributed by atoms with Crippen LogP contribution in [0.3, 0.4) is 0 Å². The summed E-state index contributed by atoms with van der Waals surface area (Å²) in [4.78, 5) is 13.4. The predicted octanol–water partition coefficient (Wildman–Crippen LogP) is -7.92. The first-order valence-corrected chi connectivity index (χ1v) is 28.0. The molecule has 76 heavy (non-hydrogen) atoms. The molecule has 0 radical (unpaired) electrons. The van der Waals surface area contributed by atoms with Gasteiger partial charge in [0, 0.05) is 201 Å². The third kappa shape index (κ3) is 14.8. The Bertz CT molecular complexity index is 2230. The van der Waals surface area contributed by atoms with Crippen LogP contribution in [0.2, 0.25) is 6.32 Å². The van der Waals surface area contributed by atoms with Gasteiger partial charge in [-0.25, -0.2) is 0 Å². The fourth-order valence-corrected chi connectivity index (χ4v) is 12.5. The van der Waals surface area contributed by atoms with Crippen LogP contribution < -0.4 is 88.9 Å². The van der Waals surface area contributed by atoms with E-state index in [2.05, 4.69) is 134 Å². The molecule has 2 atom stereocenters. The fraction of sp³-hybridized carbons (Fsp3) is 0.667. The Morgan fingerprint density at radius 3 is 1.03 bits per heavy atom. The molecule has 2 unspecified atom stereocenters. The van der Waals surface area contributed by atoms with Crippen LogP contribution in [0.5, 0.6) is 0 Å². The maximum atomic E-state index is 6.37. The zero-order valence-corrected chi connectivity index (χ0v) is 47.4. The second kappa shape index (κ2) is 26.9. The molecule has 14 rings (SSSR count). The van der Waals surface area contributed by atoms with Gasteiger partial charge in [0.05, 0.1) is 0 Å². The molecule has 22 heteroatoms. The molecule has 0 aromatic heterocycles. The van der Waals surface area contributed by atoms with E-state index in [9.17, 15) is 0 Å². The van der Waals surface area contributed by atoms with E-state index in [1.165, 1.54) is 22.2 Å². The van der Waals surface area contributed by atoms with Crippen molar-refractivity contribution in [3.8, 4) is 0 Å². The first-order chi connectivity index (χ1) is 35.5. The molecule has 400 valence electrons. The van der Waals surface area contributed by atoms with Crippen LogP contribution in [0, 0.1) is 16.2 Å². The minimum absolute atomic E-state index is 0. The third-order valence-electron chi connectivity index (χ3n) is 17.4. The molecule has 3 N–H and O–H groups in total. The van der Waals surface area contributed by atoms with E-state index in [4.69, 9.17) is 37.2 Å². The van der Waals surface area contributed by atoms with Crippen molar-refractivity contribution in [2.45, 2.75) is 46.7 Å². The first kappa shape index (κ1) is 61.1. The van der Waals surface area contributed by atoms with Gasteiger partial charge < -0.3 is 53.2 Å². The first-order valence-electron chi connectivity index (χ1n) is 28.0. The maximum absolute atomic E-state index is 6.37. The van der Waals surface area contributed by atoms with Gasteiger partial charge in [-0.1, -0.05) is 93.6 Å². The predicted molar refractivity (Wildman–Crippen MR) is 290 cm³/mol. The summed E-state index contributed by atoms with van der Waals surface area (Å²) in [6.07, 6.45) is 0.984. The largest absolute Gasteiger partial charge is 1.00 e. The Morgan fingerprint density at radius 2 is 0.658 bits per heavy atom. The standard InChI is InChI=1S/C54H84B3N8O8.3Li/c1-52-37-55(66-38-52,67-39-52)49-10-4-46(5-11-49)35-64-30-26-61-22-18-58-16-17-59-19-24-62(28-31-65(33-32-64)36-48-8-14-51(15-9-48)57-71-43-54(3,44-72-57)45-73-57)27-29-63(25-21-60-20-23-61)34-47-6-12-50(13-7-47)56-68-40-53(2,41-69-56)42-70-56;;;/h4-15,58-60H,16-45H2,1-3H3;;;/q-3;3*+1. The van der Waals surface area contributed by atoms with E-state index in [-0.39, 0.29) is 72.8 Å².